The van der Waals surface area contributed by atoms with Crippen molar-refractivity contribution in [3.8, 4) is 11.3 Å². The maximum atomic E-state index is 13.3. The number of amides is 1. The molecule has 0 spiro atoms. The Kier molecular flexibility index (Phi) is 6.26. The molecule has 4 aromatic heterocycles. The summed E-state index contributed by atoms with van der Waals surface area (Å²) in [5, 5.41) is 11.9. The SMILES string of the molecule is Cc1ncc(NC(CN2CC(C)(C)C2)=C2CCC2)cc1NC(=O)c1cnc2[nH]c(-c3cnn(C)c3)c(C)c2c1. The Morgan fingerprint density at radius 2 is 1.87 bits per heavy atom. The first-order valence-electron chi connectivity index (χ1n) is 13.6. The van der Waals surface area contributed by atoms with Gasteiger partial charge in [-0.2, -0.15) is 5.10 Å². The maximum absolute atomic E-state index is 13.3. The predicted octanol–water partition coefficient (Wildman–Crippen LogP) is 5.42. The van der Waals surface area contributed by atoms with Gasteiger partial charge in [0.25, 0.3) is 5.91 Å². The molecule has 0 atom stereocenters. The van der Waals surface area contributed by atoms with E-state index in [4.69, 9.17) is 0 Å². The summed E-state index contributed by atoms with van der Waals surface area (Å²) in [7, 11) is 1.89. The first kappa shape index (κ1) is 25.3. The Balaban J connectivity index is 1.20. The van der Waals surface area contributed by atoms with Crippen LogP contribution in [0, 0.1) is 19.3 Å². The summed E-state index contributed by atoms with van der Waals surface area (Å²) < 4.78 is 1.77. The second kappa shape index (κ2) is 9.64. The summed E-state index contributed by atoms with van der Waals surface area (Å²) in [6.45, 7) is 11.7. The van der Waals surface area contributed by atoms with Crippen LogP contribution in [-0.4, -0.2) is 55.2 Å². The molecule has 0 bridgehead atoms. The van der Waals surface area contributed by atoms with Crippen LogP contribution in [0.3, 0.4) is 0 Å². The molecule has 1 aliphatic heterocycles. The van der Waals surface area contributed by atoms with E-state index >= 15 is 0 Å². The average Bonchev–Trinajstić information content (AvgIpc) is 3.41. The van der Waals surface area contributed by atoms with E-state index in [1.165, 1.54) is 17.7 Å². The van der Waals surface area contributed by atoms with Crippen LogP contribution in [0.15, 0.2) is 48.2 Å². The third-order valence-corrected chi connectivity index (χ3v) is 7.87. The van der Waals surface area contributed by atoms with Gasteiger partial charge in [0.2, 0.25) is 0 Å². The van der Waals surface area contributed by atoms with Gasteiger partial charge in [-0.05, 0) is 61.8 Å². The van der Waals surface area contributed by atoms with Gasteiger partial charge in [0.05, 0.1) is 40.7 Å². The van der Waals surface area contributed by atoms with Crippen LogP contribution in [0.2, 0.25) is 0 Å². The Labute approximate surface area is 228 Å². The lowest BCUT2D eigenvalue weighted by atomic mass is 9.83. The smallest absolute Gasteiger partial charge is 0.257 e. The Morgan fingerprint density at radius 3 is 2.54 bits per heavy atom. The molecule has 1 aliphatic carbocycles. The summed E-state index contributed by atoms with van der Waals surface area (Å²) in [6, 6.07) is 3.87. The second-order valence-corrected chi connectivity index (χ2v) is 11.8. The van der Waals surface area contributed by atoms with Crippen molar-refractivity contribution in [2.75, 3.05) is 30.3 Å². The number of aromatic nitrogens is 5. The minimum absolute atomic E-state index is 0.213. The lowest BCUT2D eigenvalue weighted by molar-refractivity contribution is 0.0399. The largest absolute Gasteiger partial charge is 0.357 e. The van der Waals surface area contributed by atoms with Crippen molar-refractivity contribution in [3.05, 3.63) is 65.0 Å². The number of nitrogens with zero attached hydrogens (tertiary/aromatic N) is 5. The van der Waals surface area contributed by atoms with Gasteiger partial charge in [-0.1, -0.05) is 13.8 Å². The summed E-state index contributed by atoms with van der Waals surface area (Å²) in [6.07, 6.45) is 10.8. The van der Waals surface area contributed by atoms with Crippen molar-refractivity contribution < 1.29 is 4.79 Å². The molecule has 0 aromatic carbocycles. The highest BCUT2D eigenvalue weighted by atomic mass is 16.1. The standard InChI is InChI=1S/C30H36N8O/c1-18-24-9-21(11-32-28(24)36-27(18)22-12-33-37(5)14-22)29(39)35-25-10-23(13-31-19(25)2)34-26(20-7-6-8-20)15-38-16-30(3,4)17-38/h9-14,34H,6-8,15-17H2,1-5H3,(H,32,36)(H,35,39). The van der Waals surface area contributed by atoms with Crippen molar-refractivity contribution in [2.45, 2.75) is 47.0 Å². The van der Waals surface area contributed by atoms with Crippen molar-refractivity contribution in [1.82, 2.24) is 29.6 Å². The fraction of sp³-hybridized carbons (Fsp3) is 0.400. The number of carbonyl (C=O) groups is 1. The zero-order chi connectivity index (χ0) is 27.3. The molecule has 39 heavy (non-hydrogen) atoms. The monoisotopic (exact) mass is 524 g/mol. The third kappa shape index (κ3) is 5.06. The van der Waals surface area contributed by atoms with E-state index in [-0.39, 0.29) is 5.91 Å². The number of aryl methyl sites for hydroxylation is 3. The molecule has 5 heterocycles. The number of pyridine rings is 2. The first-order chi connectivity index (χ1) is 18.6. The number of carbonyl (C=O) groups excluding carboxylic acids is 1. The number of hydrogen-bond donors (Lipinski definition) is 3. The normalized spacial score (nSPS) is 16.6. The van der Waals surface area contributed by atoms with Crippen LogP contribution in [0.1, 0.15) is 54.7 Å². The molecule has 0 unspecified atom stereocenters. The summed E-state index contributed by atoms with van der Waals surface area (Å²) in [5.74, 6) is -0.213. The number of hydrogen-bond acceptors (Lipinski definition) is 6. The minimum Gasteiger partial charge on any atom is -0.357 e. The number of rotatable bonds is 7. The molecule has 6 rings (SSSR count). The van der Waals surface area contributed by atoms with E-state index in [9.17, 15) is 4.79 Å². The molecule has 9 heteroatoms. The molecular formula is C30H36N8O. The Morgan fingerprint density at radius 1 is 1.08 bits per heavy atom. The Bertz CT molecular complexity index is 1590. The van der Waals surface area contributed by atoms with Crippen LogP contribution >= 0.6 is 0 Å². The van der Waals surface area contributed by atoms with E-state index in [0.29, 0.717) is 16.7 Å². The number of likely N-dealkylation sites (tertiary alicyclic amines) is 1. The van der Waals surface area contributed by atoms with E-state index in [0.717, 1.165) is 71.7 Å². The highest BCUT2D eigenvalue weighted by molar-refractivity contribution is 6.06. The van der Waals surface area contributed by atoms with Gasteiger partial charge in [-0.15, -0.1) is 0 Å². The van der Waals surface area contributed by atoms with Gasteiger partial charge >= 0.3 is 0 Å². The van der Waals surface area contributed by atoms with Crippen LogP contribution in [0.5, 0.6) is 0 Å². The topological polar surface area (TPSA) is 104 Å². The molecule has 4 aromatic rings. The fourth-order valence-corrected chi connectivity index (χ4v) is 5.65. The maximum Gasteiger partial charge on any atom is 0.257 e. The molecule has 9 nitrogen and oxygen atoms in total. The zero-order valence-electron chi connectivity index (χ0n) is 23.4. The van der Waals surface area contributed by atoms with Crippen molar-refractivity contribution >= 4 is 28.3 Å². The van der Waals surface area contributed by atoms with Crippen LogP contribution < -0.4 is 10.6 Å². The molecule has 0 radical (unpaired) electrons. The van der Waals surface area contributed by atoms with Gasteiger partial charge in [0.15, 0.2) is 0 Å². The second-order valence-electron chi connectivity index (χ2n) is 11.8. The molecular weight excluding hydrogens is 488 g/mol. The molecule has 1 amide bonds. The van der Waals surface area contributed by atoms with Crippen molar-refractivity contribution in [3.63, 3.8) is 0 Å². The number of anilines is 2. The van der Waals surface area contributed by atoms with Gasteiger partial charge in [-0.3, -0.25) is 19.4 Å². The number of allylic oxidation sites excluding steroid dienone is 1. The van der Waals surface area contributed by atoms with Crippen LogP contribution in [0.25, 0.3) is 22.3 Å². The highest BCUT2D eigenvalue weighted by Crippen LogP contribution is 2.34. The van der Waals surface area contributed by atoms with E-state index in [2.05, 4.69) is 49.4 Å². The third-order valence-electron chi connectivity index (χ3n) is 7.87. The molecule has 3 N–H and O–H groups in total. The first-order valence-corrected chi connectivity index (χ1v) is 13.6. The van der Waals surface area contributed by atoms with Gasteiger partial charge in [0, 0.05) is 55.7 Å². The number of H-pyrrole nitrogens is 1. The van der Waals surface area contributed by atoms with E-state index in [1.807, 2.05) is 51.6 Å². The molecule has 202 valence electrons. The Hall–Kier alpha value is -3.98. The van der Waals surface area contributed by atoms with Crippen molar-refractivity contribution in [2.24, 2.45) is 12.5 Å². The summed E-state index contributed by atoms with van der Waals surface area (Å²) in [4.78, 5) is 28.3. The number of aromatic amines is 1. The molecule has 2 aliphatic rings. The summed E-state index contributed by atoms with van der Waals surface area (Å²) >= 11 is 0. The number of fused-ring (bicyclic) bond motifs is 1. The van der Waals surface area contributed by atoms with E-state index in [1.54, 1.807) is 10.9 Å². The molecule has 1 saturated carbocycles. The van der Waals surface area contributed by atoms with Crippen LogP contribution in [0.4, 0.5) is 11.4 Å². The van der Waals surface area contributed by atoms with Gasteiger partial charge in [0.1, 0.15) is 5.65 Å². The predicted molar refractivity (Wildman–Crippen MR) is 155 cm³/mol. The van der Waals surface area contributed by atoms with Gasteiger partial charge < -0.3 is 15.6 Å². The average molecular weight is 525 g/mol. The lowest BCUT2D eigenvalue weighted by Crippen LogP contribution is -2.53. The molecule has 2 fully saturated rings. The lowest BCUT2D eigenvalue weighted by Gasteiger charge is -2.46. The van der Waals surface area contributed by atoms with E-state index < -0.39 is 0 Å². The molecule has 1 saturated heterocycles. The summed E-state index contributed by atoms with van der Waals surface area (Å²) in [5.41, 5.74) is 9.74. The number of nitrogens with one attached hydrogen (secondary N) is 3. The minimum atomic E-state index is -0.213. The van der Waals surface area contributed by atoms with Gasteiger partial charge in [-0.25, -0.2) is 4.98 Å². The van der Waals surface area contributed by atoms with Crippen LogP contribution in [-0.2, 0) is 7.05 Å². The highest BCUT2D eigenvalue weighted by Gasteiger charge is 2.34. The quantitative estimate of drug-likeness (QED) is 0.298. The zero-order valence-corrected chi connectivity index (χ0v) is 23.4. The van der Waals surface area contributed by atoms with Crippen molar-refractivity contribution in [1.29, 1.82) is 0 Å². The fourth-order valence-electron chi connectivity index (χ4n) is 5.65.